The second-order valence-electron chi connectivity index (χ2n) is 5.81. The molecule has 2 aromatic rings. The molecule has 0 aliphatic heterocycles. The van der Waals surface area contributed by atoms with E-state index in [-0.39, 0.29) is 16.8 Å². The molecule has 0 atom stereocenters. The van der Waals surface area contributed by atoms with Crippen molar-refractivity contribution >= 4 is 29.2 Å². The lowest BCUT2D eigenvalue weighted by molar-refractivity contribution is -0.385. The summed E-state index contributed by atoms with van der Waals surface area (Å²) in [5.41, 5.74) is 0.304. The lowest BCUT2D eigenvalue weighted by Gasteiger charge is -2.10. The Kier molecular flexibility index (Phi) is 7.27. The van der Waals surface area contributed by atoms with Crippen LogP contribution in [0.5, 0.6) is 0 Å². The number of rotatable bonds is 10. The molecule has 2 aromatic carbocycles. The van der Waals surface area contributed by atoms with E-state index in [9.17, 15) is 34.6 Å². The summed E-state index contributed by atoms with van der Waals surface area (Å²) in [5, 5.41) is 42.2. The number of carbonyl (C=O) groups excluding carboxylic acids is 1. The van der Waals surface area contributed by atoms with E-state index in [0.717, 1.165) is 36.4 Å². The van der Waals surface area contributed by atoms with Gasteiger partial charge in [0.15, 0.2) is 0 Å². The fraction of sp³-hybridized carbons (Fsp3) is 0.118. The third kappa shape index (κ3) is 5.78. The first kappa shape index (κ1) is 22.9. The fourth-order valence-corrected chi connectivity index (χ4v) is 2.43. The van der Waals surface area contributed by atoms with E-state index in [1.165, 1.54) is 0 Å². The average molecular weight is 434 g/mol. The highest BCUT2D eigenvalue weighted by molar-refractivity contribution is 6.05. The molecule has 31 heavy (non-hydrogen) atoms. The molecular weight excluding hydrogens is 420 g/mol. The van der Waals surface area contributed by atoms with Gasteiger partial charge in [0.2, 0.25) is 0 Å². The summed E-state index contributed by atoms with van der Waals surface area (Å²) in [4.78, 5) is 59.8. The van der Waals surface area contributed by atoms with Gasteiger partial charge in [-0.3, -0.25) is 29.9 Å². The monoisotopic (exact) mass is 434 g/mol. The first-order valence-electron chi connectivity index (χ1n) is 8.27. The number of carbonyl (C=O) groups is 3. The largest absolute Gasteiger partial charge is 0.478 e. The van der Waals surface area contributed by atoms with Crippen LogP contribution in [0.3, 0.4) is 0 Å². The highest BCUT2D eigenvalue weighted by Gasteiger charge is 2.20. The molecule has 0 aliphatic rings. The normalized spacial score (nSPS) is 10.3. The van der Waals surface area contributed by atoms with Crippen LogP contribution in [0.4, 0.5) is 11.4 Å². The van der Waals surface area contributed by atoms with Crippen molar-refractivity contribution in [2.75, 3.05) is 6.67 Å². The molecule has 0 radical (unpaired) electrons. The predicted octanol–water partition coefficient (Wildman–Crippen LogP) is 1.31. The molecule has 0 heterocycles. The van der Waals surface area contributed by atoms with Crippen molar-refractivity contribution in [3.8, 4) is 0 Å². The van der Waals surface area contributed by atoms with E-state index < -0.39 is 57.8 Å². The number of carboxylic acids is 2. The van der Waals surface area contributed by atoms with Crippen LogP contribution in [0.25, 0.3) is 0 Å². The van der Waals surface area contributed by atoms with Crippen LogP contribution >= 0.6 is 0 Å². The smallest absolute Gasteiger partial charge is 0.336 e. The summed E-state index contributed by atoms with van der Waals surface area (Å²) in [6, 6.07) is 5.78. The summed E-state index contributed by atoms with van der Waals surface area (Å²) in [7, 11) is 0. The summed E-state index contributed by atoms with van der Waals surface area (Å²) < 4.78 is 0. The predicted molar refractivity (Wildman–Crippen MR) is 100 cm³/mol. The minimum Gasteiger partial charge on any atom is -0.478 e. The molecule has 0 aromatic heterocycles. The number of hydrogen-bond donors (Lipinski definition) is 4. The quantitative estimate of drug-likeness (QED) is 0.181. The molecule has 0 fully saturated rings. The number of nitro groups is 2. The van der Waals surface area contributed by atoms with Gasteiger partial charge in [0.25, 0.3) is 17.3 Å². The number of carboxylic acid groups (broad SMARTS) is 2. The molecule has 14 nitrogen and oxygen atoms in total. The fourth-order valence-electron chi connectivity index (χ4n) is 2.43. The third-order valence-electron chi connectivity index (χ3n) is 3.87. The zero-order chi connectivity index (χ0) is 23.1. The number of non-ortho nitro benzene ring substituents is 2. The summed E-state index contributed by atoms with van der Waals surface area (Å²) in [6.07, 6.45) is 0. The number of nitrogens with one attached hydrogen (secondary N) is 2. The van der Waals surface area contributed by atoms with E-state index >= 15 is 0 Å². The molecule has 0 aliphatic carbocycles. The molecule has 4 N–H and O–H groups in total. The van der Waals surface area contributed by atoms with Crippen molar-refractivity contribution in [2.24, 2.45) is 0 Å². The molecule has 14 heteroatoms. The lowest BCUT2D eigenvalue weighted by atomic mass is 10.1. The Balaban J connectivity index is 2.00. The van der Waals surface area contributed by atoms with Crippen LogP contribution in [-0.4, -0.2) is 44.6 Å². The Morgan fingerprint density at radius 1 is 0.871 bits per heavy atom. The summed E-state index contributed by atoms with van der Waals surface area (Å²) >= 11 is 0. The van der Waals surface area contributed by atoms with Gasteiger partial charge in [-0.2, -0.15) is 5.48 Å². The van der Waals surface area contributed by atoms with Crippen molar-refractivity contribution in [3.63, 3.8) is 0 Å². The van der Waals surface area contributed by atoms with Crippen LogP contribution in [0.15, 0.2) is 36.4 Å². The SMILES string of the molecule is O=C(O)c1ccc([N+](=O)[O-])cc1CONCNC(=O)c1cc([N+](=O)[O-])ccc1C(=O)O. The molecule has 1 amide bonds. The average Bonchev–Trinajstić information content (AvgIpc) is 2.72. The van der Waals surface area contributed by atoms with Gasteiger partial charge in [0, 0.05) is 29.8 Å². The van der Waals surface area contributed by atoms with Gasteiger partial charge < -0.3 is 15.5 Å². The Hall–Kier alpha value is -4.43. The Bertz CT molecular complexity index is 1070. The van der Waals surface area contributed by atoms with E-state index in [2.05, 4.69) is 10.8 Å². The highest BCUT2D eigenvalue weighted by Crippen LogP contribution is 2.19. The van der Waals surface area contributed by atoms with E-state index in [1.807, 2.05) is 0 Å². The van der Waals surface area contributed by atoms with Gasteiger partial charge in [-0.25, -0.2) is 9.59 Å². The van der Waals surface area contributed by atoms with Crippen LogP contribution < -0.4 is 10.8 Å². The number of benzene rings is 2. The number of aromatic carboxylic acids is 2. The van der Waals surface area contributed by atoms with Gasteiger partial charge in [-0.15, -0.1) is 0 Å². The topological polar surface area (TPSA) is 211 Å². The minimum absolute atomic E-state index is 0.00706. The molecule has 2 rings (SSSR count). The standard InChI is InChI=1S/C17H14N4O10/c22-15(14-6-11(21(29)30)2-4-13(14)17(25)26)18-8-19-31-7-9-5-10(20(27)28)1-3-12(9)16(23)24/h1-6,19H,7-8H2,(H,18,22)(H,23,24)(H,25,26). The van der Waals surface area contributed by atoms with Crippen molar-refractivity contribution in [1.29, 1.82) is 0 Å². The lowest BCUT2D eigenvalue weighted by Crippen LogP contribution is -2.34. The Morgan fingerprint density at radius 3 is 1.97 bits per heavy atom. The van der Waals surface area contributed by atoms with Gasteiger partial charge in [0.1, 0.15) is 0 Å². The molecule has 0 saturated heterocycles. The second-order valence-corrected chi connectivity index (χ2v) is 5.81. The zero-order valence-electron chi connectivity index (χ0n) is 15.4. The van der Waals surface area contributed by atoms with Gasteiger partial charge in [-0.05, 0) is 12.1 Å². The number of hydrogen-bond acceptors (Lipinski definition) is 9. The third-order valence-corrected chi connectivity index (χ3v) is 3.87. The summed E-state index contributed by atoms with van der Waals surface area (Å²) in [6.45, 7) is -0.797. The van der Waals surface area contributed by atoms with E-state index in [4.69, 9.17) is 15.1 Å². The van der Waals surface area contributed by atoms with Gasteiger partial charge in [0.05, 0.1) is 39.8 Å². The van der Waals surface area contributed by atoms with Crippen LogP contribution in [-0.2, 0) is 11.4 Å². The van der Waals surface area contributed by atoms with E-state index in [0.29, 0.717) is 0 Å². The number of nitrogens with zero attached hydrogens (tertiary/aromatic N) is 2. The first-order chi connectivity index (χ1) is 14.6. The van der Waals surface area contributed by atoms with Crippen LogP contribution in [0.2, 0.25) is 0 Å². The van der Waals surface area contributed by atoms with E-state index in [1.54, 1.807) is 0 Å². The minimum atomic E-state index is -1.46. The molecule has 162 valence electrons. The van der Waals surface area contributed by atoms with Crippen molar-refractivity contribution in [3.05, 3.63) is 78.9 Å². The van der Waals surface area contributed by atoms with Crippen molar-refractivity contribution < 1.29 is 39.3 Å². The zero-order valence-corrected chi connectivity index (χ0v) is 15.4. The van der Waals surface area contributed by atoms with Crippen molar-refractivity contribution in [1.82, 2.24) is 10.8 Å². The molecule has 0 saturated carbocycles. The molecule has 0 spiro atoms. The maximum atomic E-state index is 12.2. The summed E-state index contributed by atoms with van der Waals surface area (Å²) in [5.74, 6) is -3.73. The number of amides is 1. The van der Waals surface area contributed by atoms with Gasteiger partial charge >= 0.3 is 11.9 Å². The number of hydroxylamine groups is 1. The maximum Gasteiger partial charge on any atom is 0.336 e. The van der Waals surface area contributed by atoms with Gasteiger partial charge in [-0.1, -0.05) is 0 Å². The van der Waals surface area contributed by atoms with Crippen LogP contribution in [0.1, 0.15) is 36.6 Å². The second kappa shape index (κ2) is 9.86. The maximum absolute atomic E-state index is 12.2. The molecule has 0 unspecified atom stereocenters. The Labute approximate surface area is 172 Å². The first-order valence-corrected chi connectivity index (χ1v) is 8.27. The molecule has 0 bridgehead atoms. The van der Waals surface area contributed by atoms with Crippen LogP contribution in [0, 0.1) is 20.2 Å². The van der Waals surface area contributed by atoms with Crippen molar-refractivity contribution in [2.45, 2.75) is 6.61 Å². The Morgan fingerprint density at radius 2 is 1.42 bits per heavy atom. The molecular formula is C17H14N4O10. The number of nitro benzene ring substituents is 2. The highest BCUT2D eigenvalue weighted by atomic mass is 16.6.